The number of halogens is 1. The molecular weight excluding hydrogens is 322 g/mol. The van der Waals surface area contributed by atoms with Crippen molar-refractivity contribution in [2.45, 2.75) is 25.0 Å². The second kappa shape index (κ2) is 6.24. The Morgan fingerprint density at radius 1 is 1.35 bits per heavy atom. The van der Waals surface area contributed by atoms with Crippen molar-refractivity contribution in [2.24, 2.45) is 0 Å². The molecule has 1 aromatic carbocycles. The van der Waals surface area contributed by atoms with Gasteiger partial charge < -0.3 is 14.4 Å². The van der Waals surface area contributed by atoms with Gasteiger partial charge in [0.05, 0.1) is 25.9 Å². The van der Waals surface area contributed by atoms with E-state index in [0.717, 1.165) is 23.9 Å². The quantitative estimate of drug-likeness (QED) is 0.831. The molecule has 20 heavy (non-hydrogen) atoms. The van der Waals surface area contributed by atoms with E-state index in [0.29, 0.717) is 19.8 Å². The largest absolute Gasteiger partial charge is 0.376 e. The van der Waals surface area contributed by atoms with Gasteiger partial charge in [-0.05, 0) is 30.5 Å². The molecule has 5 heteroatoms. The molecule has 2 heterocycles. The molecule has 2 aliphatic rings. The van der Waals surface area contributed by atoms with Crippen molar-refractivity contribution in [3.63, 3.8) is 0 Å². The van der Waals surface area contributed by atoms with Crippen LogP contribution in [0.2, 0.25) is 0 Å². The Hall–Kier alpha value is -0.910. The van der Waals surface area contributed by atoms with Crippen molar-refractivity contribution in [1.82, 2.24) is 4.90 Å². The highest BCUT2D eigenvalue weighted by Gasteiger charge is 2.35. The van der Waals surface area contributed by atoms with Gasteiger partial charge in [-0.3, -0.25) is 4.79 Å². The number of carbonyl (C=O) groups is 1. The lowest BCUT2D eigenvalue weighted by atomic mass is 10.0. The molecule has 1 amide bonds. The lowest BCUT2D eigenvalue weighted by Gasteiger charge is -2.30. The molecule has 2 aliphatic heterocycles. The van der Waals surface area contributed by atoms with Crippen molar-refractivity contribution in [2.75, 3.05) is 26.4 Å². The third kappa shape index (κ3) is 2.90. The van der Waals surface area contributed by atoms with Crippen LogP contribution in [0, 0.1) is 0 Å². The maximum Gasteiger partial charge on any atom is 0.254 e. The molecule has 0 N–H and O–H groups in total. The van der Waals surface area contributed by atoms with Crippen molar-refractivity contribution in [3.8, 4) is 0 Å². The number of amides is 1. The van der Waals surface area contributed by atoms with E-state index in [-0.39, 0.29) is 11.9 Å². The Balaban J connectivity index is 1.76. The van der Waals surface area contributed by atoms with E-state index < -0.39 is 6.10 Å². The van der Waals surface area contributed by atoms with Gasteiger partial charge in [0.15, 0.2) is 6.10 Å². The van der Waals surface area contributed by atoms with Gasteiger partial charge in [-0.25, -0.2) is 0 Å². The predicted octanol–water partition coefficient (Wildman–Crippen LogP) is 2.53. The molecule has 1 aromatic rings. The Morgan fingerprint density at radius 3 is 3.00 bits per heavy atom. The Kier molecular flexibility index (Phi) is 4.38. The minimum absolute atomic E-state index is 0.0622. The van der Waals surface area contributed by atoms with E-state index in [1.165, 1.54) is 5.56 Å². The standard InChI is InChI=1S/C15H18BrNO3/c16-12-4-1-3-11(9-12)13-5-2-6-17(13)15(18)14-10-19-7-8-20-14/h1,3-4,9,13-14H,2,5-8,10H2/t13-,14+/m1/s1. The molecule has 0 spiro atoms. The molecule has 0 bridgehead atoms. The Bertz CT molecular complexity index is 488. The predicted molar refractivity (Wildman–Crippen MR) is 78.4 cm³/mol. The van der Waals surface area contributed by atoms with Crippen LogP contribution in [0.15, 0.2) is 28.7 Å². The number of benzene rings is 1. The first-order valence-corrected chi connectivity index (χ1v) is 7.80. The average Bonchev–Trinajstić information content (AvgIpc) is 2.97. The molecule has 2 saturated heterocycles. The highest BCUT2D eigenvalue weighted by molar-refractivity contribution is 9.10. The van der Waals surface area contributed by atoms with Crippen molar-refractivity contribution in [1.29, 1.82) is 0 Å². The monoisotopic (exact) mass is 339 g/mol. The molecule has 2 fully saturated rings. The Labute approximate surface area is 127 Å². The average molecular weight is 340 g/mol. The van der Waals surface area contributed by atoms with Gasteiger partial charge in [-0.2, -0.15) is 0 Å². The fraction of sp³-hybridized carbons (Fsp3) is 0.533. The van der Waals surface area contributed by atoms with Crippen molar-refractivity contribution >= 4 is 21.8 Å². The summed E-state index contributed by atoms with van der Waals surface area (Å²) < 4.78 is 11.9. The summed E-state index contributed by atoms with van der Waals surface area (Å²) in [5, 5.41) is 0. The Morgan fingerprint density at radius 2 is 2.25 bits per heavy atom. The summed E-state index contributed by atoms with van der Waals surface area (Å²) in [6.45, 7) is 2.26. The zero-order valence-electron chi connectivity index (χ0n) is 11.3. The first kappa shape index (κ1) is 14.0. The molecule has 0 saturated carbocycles. The summed E-state index contributed by atoms with van der Waals surface area (Å²) in [7, 11) is 0. The van der Waals surface area contributed by atoms with Crippen LogP contribution in [0.1, 0.15) is 24.4 Å². The number of hydrogen-bond acceptors (Lipinski definition) is 3. The zero-order valence-corrected chi connectivity index (χ0v) is 12.8. The van der Waals surface area contributed by atoms with E-state index in [9.17, 15) is 4.79 Å². The highest BCUT2D eigenvalue weighted by atomic mass is 79.9. The summed E-state index contributed by atoms with van der Waals surface area (Å²) >= 11 is 3.49. The van der Waals surface area contributed by atoms with Crippen LogP contribution in [0.5, 0.6) is 0 Å². The number of rotatable bonds is 2. The third-order valence-electron chi connectivity index (χ3n) is 3.86. The fourth-order valence-corrected chi connectivity index (χ4v) is 3.32. The van der Waals surface area contributed by atoms with Crippen LogP contribution in [0.25, 0.3) is 0 Å². The molecular formula is C15H18BrNO3. The molecule has 108 valence electrons. The van der Waals surface area contributed by atoms with Gasteiger partial charge in [0.25, 0.3) is 5.91 Å². The molecule has 3 rings (SSSR count). The lowest BCUT2D eigenvalue weighted by Crippen LogP contribution is -2.45. The van der Waals surface area contributed by atoms with Crippen LogP contribution in [0.3, 0.4) is 0 Å². The zero-order chi connectivity index (χ0) is 13.9. The van der Waals surface area contributed by atoms with Crippen LogP contribution < -0.4 is 0 Å². The van der Waals surface area contributed by atoms with Crippen LogP contribution in [0.4, 0.5) is 0 Å². The second-order valence-corrected chi connectivity index (χ2v) is 6.09. The van der Waals surface area contributed by atoms with E-state index in [1.54, 1.807) is 0 Å². The summed E-state index contributed by atoms with van der Waals surface area (Å²) in [6.07, 6.45) is 1.61. The normalized spacial score (nSPS) is 26.8. The van der Waals surface area contributed by atoms with Crippen LogP contribution >= 0.6 is 15.9 Å². The summed E-state index contributed by atoms with van der Waals surface area (Å²) in [5.74, 6) is 0.0622. The number of carbonyl (C=O) groups excluding carboxylic acids is 1. The second-order valence-electron chi connectivity index (χ2n) is 5.18. The number of nitrogens with zero attached hydrogens (tertiary/aromatic N) is 1. The maximum absolute atomic E-state index is 12.6. The molecule has 0 unspecified atom stereocenters. The van der Waals surface area contributed by atoms with E-state index in [2.05, 4.69) is 28.1 Å². The van der Waals surface area contributed by atoms with E-state index >= 15 is 0 Å². The molecule has 0 radical (unpaired) electrons. The molecule has 0 aromatic heterocycles. The minimum Gasteiger partial charge on any atom is -0.376 e. The third-order valence-corrected chi connectivity index (χ3v) is 4.35. The van der Waals surface area contributed by atoms with Gasteiger partial charge in [0.2, 0.25) is 0 Å². The van der Waals surface area contributed by atoms with Gasteiger partial charge in [0.1, 0.15) is 0 Å². The SMILES string of the molecule is O=C([C@@H]1COCCO1)N1CCC[C@@H]1c1cccc(Br)c1. The van der Waals surface area contributed by atoms with Crippen LogP contribution in [-0.2, 0) is 14.3 Å². The van der Waals surface area contributed by atoms with Crippen molar-refractivity contribution in [3.05, 3.63) is 34.3 Å². The van der Waals surface area contributed by atoms with Gasteiger partial charge in [-0.15, -0.1) is 0 Å². The first-order chi connectivity index (χ1) is 9.75. The molecule has 0 aliphatic carbocycles. The fourth-order valence-electron chi connectivity index (χ4n) is 2.91. The highest BCUT2D eigenvalue weighted by Crippen LogP contribution is 2.33. The smallest absolute Gasteiger partial charge is 0.254 e. The summed E-state index contributed by atoms with van der Waals surface area (Å²) in [5.41, 5.74) is 1.18. The maximum atomic E-state index is 12.6. The number of hydrogen-bond donors (Lipinski definition) is 0. The number of likely N-dealkylation sites (tertiary alicyclic amines) is 1. The molecule has 2 atom stereocenters. The summed E-state index contributed by atoms with van der Waals surface area (Å²) in [4.78, 5) is 14.5. The van der Waals surface area contributed by atoms with Gasteiger partial charge in [-0.1, -0.05) is 28.1 Å². The van der Waals surface area contributed by atoms with Crippen molar-refractivity contribution < 1.29 is 14.3 Å². The topological polar surface area (TPSA) is 38.8 Å². The van der Waals surface area contributed by atoms with Gasteiger partial charge >= 0.3 is 0 Å². The van der Waals surface area contributed by atoms with Crippen LogP contribution in [-0.4, -0.2) is 43.3 Å². The van der Waals surface area contributed by atoms with E-state index in [4.69, 9.17) is 9.47 Å². The summed E-state index contributed by atoms with van der Waals surface area (Å²) in [6, 6.07) is 8.35. The number of ether oxygens (including phenoxy) is 2. The first-order valence-electron chi connectivity index (χ1n) is 7.01. The molecule has 4 nitrogen and oxygen atoms in total. The lowest BCUT2D eigenvalue weighted by molar-refractivity contribution is -0.158. The minimum atomic E-state index is -0.434. The van der Waals surface area contributed by atoms with Gasteiger partial charge in [0, 0.05) is 11.0 Å². The van der Waals surface area contributed by atoms with E-state index in [1.807, 2.05) is 17.0 Å².